The van der Waals surface area contributed by atoms with Crippen LogP contribution in [0.2, 0.25) is 0 Å². The van der Waals surface area contributed by atoms with Gasteiger partial charge in [-0.3, -0.25) is 9.79 Å². The topological polar surface area (TPSA) is 66.0 Å². The van der Waals surface area contributed by atoms with Crippen molar-refractivity contribution >= 4 is 35.8 Å². The van der Waals surface area contributed by atoms with Crippen LogP contribution in [0, 0.1) is 17.3 Å². The first-order valence-corrected chi connectivity index (χ1v) is 11.1. The number of likely N-dealkylation sites (tertiary alicyclic amines) is 1. The number of hydrogen-bond acceptors (Lipinski definition) is 3. The molecule has 3 aliphatic carbocycles. The molecule has 3 atom stereocenters. The summed E-state index contributed by atoms with van der Waals surface area (Å²) in [6, 6.07) is 0.921. The predicted octanol–water partition coefficient (Wildman–Crippen LogP) is 2.52. The number of ether oxygens (including phenoxy) is 1. The molecular weight excluding hydrogens is 467 g/mol. The third-order valence-electron chi connectivity index (χ3n) is 7.88. The van der Waals surface area contributed by atoms with Crippen molar-refractivity contribution in [2.75, 3.05) is 26.7 Å². The number of guanidine groups is 1. The molecule has 0 aromatic rings. The number of aliphatic imine (C=N–C) groups is 1. The zero-order chi connectivity index (χ0) is 18.4. The molecule has 0 bridgehead atoms. The van der Waals surface area contributed by atoms with Gasteiger partial charge >= 0.3 is 0 Å². The Bertz CT molecular complexity index is 610. The number of hydrogen-bond donors (Lipinski definition) is 2. The fourth-order valence-corrected chi connectivity index (χ4v) is 6.25. The van der Waals surface area contributed by atoms with Crippen molar-refractivity contribution in [2.24, 2.45) is 22.2 Å². The lowest BCUT2D eigenvalue weighted by atomic mass is 9.54. The second-order valence-corrected chi connectivity index (χ2v) is 9.40. The molecule has 3 unspecified atom stereocenters. The molecule has 0 aromatic carbocycles. The van der Waals surface area contributed by atoms with E-state index in [1.165, 1.54) is 32.1 Å². The fraction of sp³-hybridized carbons (Fsp3) is 0.905. The number of rotatable bonds is 3. The maximum atomic E-state index is 12.2. The molecule has 2 N–H and O–H groups in total. The Hall–Kier alpha value is -0.570. The summed E-state index contributed by atoms with van der Waals surface area (Å²) in [6.07, 6.45) is 11.2. The van der Waals surface area contributed by atoms with Crippen LogP contribution in [0.4, 0.5) is 0 Å². The quantitative estimate of drug-likeness (QED) is 0.354. The van der Waals surface area contributed by atoms with Gasteiger partial charge in [0.2, 0.25) is 5.91 Å². The second kappa shape index (κ2) is 8.28. The van der Waals surface area contributed by atoms with Gasteiger partial charge in [0.05, 0.1) is 6.10 Å². The van der Waals surface area contributed by atoms with Gasteiger partial charge < -0.3 is 20.3 Å². The lowest BCUT2D eigenvalue weighted by Crippen LogP contribution is -2.69. The molecule has 6 nitrogen and oxygen atoms in total. The van der Waals surface area contributed by atoms with E-state index in [2.05, 4.69) is 20.5 Å². The van der Waals surface area contributed by atoms with Crippen LogP contribution in [0.25, 0.3) is 0 Å². The molecule has 158 valence electrons. The smallest absolute Gasteiger partial charge is 0.225 e. The SMILES string of the molecule is CN=C(NC1CCN(C(=O)C2CC2)CC1)NC1C2CCOC2C12CCCC2.I. The first-order chi connectivity index (χ1) is 13.2. The molecule has 2 heterocycles. The molecule has 5 aliphatic rings. The average molecular weight is 502 g/mol. The van der Waals surface area contributed by atoms with Gasteiger partial charge in [0.15, 0.2) is 5.96 Å². The summed E-state index contributed by atoms with van der Waals surface area (Å²) in [7, 11) is 1.88. The number of piperidine rings is 1. The summed E-state index contributed by atoms with van der Waals surface area (Å²) in [5.41, 5.74) is 0.346. The molecular formula is C21H35IN4O2. The Morgan fingerprint density at radius 1 is 1.07 bits per heavy atom. The van der Waals surface area contributed by atoms with Crippen LogP contribution in [0.15, 0.2) is 4.99 Å². The highest BCUT2D eigenvalue weighted by atomic mass is 127. The maximum Gasteiger partial charge on any atom is 0.225 e. The first kappa shape index (κ1) is 20.7. The minimum absolute atomic E-state index is 0. The summed E-state index contributed by atoms with van der Waals surface area (Å²) >= 11 is 0. The largest absolute Gasteiger partial charge is 0.377 e. The Morgan fingerprint density at radius 3 is 2.43 bits per heavy atom. The highest BCUT2D eigenvalue weighted by Crippen LogP contribution is 2.60. The average Bonchev–Trinajstić information content (AvgIpc) is 3.24. The van der Waals surface area contributed by atoms with Crippen molar-refractivity contribution in [2.45, 2.75) is 76.0 Å². The number of carbonyl (C=O) groups excluding carboxylic acids is 1. The van der Waals surface area contributed by atoms with Gasteiger partial charge in [-0.25, -0.2) is 0 Å². The third kappa shape index (κ3) is 3.55. The molecule has 1 spiro atoms. The molecule has 2 saturated heterocycles. The lowest BCUT2D eigenvalue weighted by molar-refractivity contribution is -0.133. The Morgan fingerprint density at radius 2 is 1.79 bits per heavy atom. The van der Waals surface area contributed by atoms with Crippen molar-refractivity contribution in [3.63, 3.8) is 0 Å². The van der Waals surface area contributed by atoms with Crippen LogP contribution in [-0.4, -0.2) is 61.7 Å². The van der Waals surface area contributed by atoms with E-state index >= 15 is 0 Å². The van der Waals surface area contributed by atoms with Crippen molar-refractivity contribution in [3.05, 3.63) is 0 Å². The van der Waals surface area contributed by atoms with Gasteiger partial charge in [0.1, 0.15) is 0 Å². The van der Waals surface area contributed by atoms with Crippen LogP contribution in [0.3, 0.4) is 0 Å². The van der Waals surface area contributed by atoms with Crippen molar-refractivity contribution in [3.8, 4) is 0 Å². The van der Waals surface area contributed by atoms with E-state index in [1.54, 1.807) is 0 Å². The minimum atomic E-state index is 0. The standard InChI is InChI=1S/C21H34N4O2.HI/c1-22-20(23-15-6-11-25(12-7-15)19(26)14-4-5-14)24-17-16-8-13-27-18(16)21(17)9-2-3-10-21;/h14-18H,2-13H2,1H3,(H2,22,23,24);1H. The maximum absolute atomic E-state index is 12.2. The van der Waals surface area contributed by atoms with E-state index in [4.69, 9.17) is 4.74 Å². The van der Waals surface area contributed by atoms with Gasteiger partial charge in [0.25, 0.3) is 0 Å². The molecule has 0 aromatic heterocycles. The van der Waals surface area contributed by atoms with E-state index in [0.29, 0.717) is 41.3 Å². The van der Waals surface area contributed by atoms with Crippen molar-refractivity contribution < 1.29 is 9.53 Å². The minimum Gasteiger partial charge on any atom is -0.377 e. The Balaban J connectivity index is 0.00000192. The van der Waals surface area contributed by atoms with E-state index < -0.39 is 0 Å². The summed E-state index contributed by atoms with van der Waals surface area (Å²) in [5.74, 6) is 2.33. The van der Waals surface area contributed by atoms with Crippen LogP contribution in [0.1, 0.15) is 57.8 Å². The normalized spacial score (nSPS) is 34.5. The van der Waals surface area contributed by atoms with E-state index in [-0.39, 0.29) is 24.0 Å². The van der Waals surface area contributed by atoms with Crippen molar-refractivity contribution in [1.82, 2.24) is 15.5 Å². The number of nitrogens with one attached hydrogen (secondary N) is 2. The van der Waals surface area contributed by atoms with E-state index in [9.17, 15) is 4.79 Å². The van der Waals surface area contributed by atoms with Crippen LogP contribution in [-0.2, 0) is 9.53 Å². The third-order valence-corrected chi connectivity index (χ3v) is 7.88. The molecule has 28 heavy (non-hydrogen) atoms. The van der Waals surface area contributed by atoms with Crippen LogP contribution >= 0.6 is 24.0 Å². The van der Waals surface area contributed by atoms with Gasteiger partial charge in [-0.1, -0.05) is 12.8 Å². The molecule has 3 saturated carbocycles. The molecule has 5 rings (SSSR count). The molecule has 2 aliphatic heterocycles. The van der Waals surface area contributed by atoms with Crippen molar-refractivity contribution in [1.29, 1.82) is 0 Å². The zero-order valence-corrected chi connectivity index (χ0v) is 19.3. The Labute approximate surface area is 185 Å². The van der Waals surface area contributed by atoms with E-state index in [0.717, 1.165) is 51.3 Å². The van der Waals surface area contributed by atoms with Gasteiger partial charge in [-0.15, -0.1) is 24.0 Å². The molecule has 5 fully saturated rings. The Kier molecular flexibility index (Phi) is 6.12. The number of carbonyl (C=O) groups is 1. The number of fused-ring (bicyclic) bond motifs is 2. The van der Waals surface area contributed by atoms with Gasteiger partial charge in [0, 0.05) is 56.1 Å². The monoisotopic (exact) mass is 502 g/mol. The van der Waals surface area contributed by atoms with Gasteiger partial charge in [-0.05, 0) is 44.9 Å². The number of amides is 1. The van der Waals surface area contributed by atoms with Crippen LogP contribution < -0.4 is 10.6 Å². The van der Waals surface area contributed by atoms with Crippen LogP contribution in [0.5, 0.6) is 0 Å². The highest BCUT2D eigenvalue weighted by molar-refractivity contribution is 14.0. The predicted molar refractivity (Wildman–Crippen MR) is 120 cm³/mol. The highest BCUT2D eigenvalue weighted by Gasteiger charge is 2.65. The number of nitrogens with zero attached hydrogens (tertiary/aromatic N) is 2. The lowest BCUT2D eigenvalue weighted by Gasteiger charge is -2.57. The molecule has 7 heteroatoms. The summed E-state index contributed by atoms with van der Waals surface area (Å²) in [6.45, 7) is 2.70. The molecule has 0 radical (unpaired) electrons. The fourth-order valence-electron chi connectivity index (χ4n) is 6.25. The zero-order valence-electron chi connectivity index (χ0n) is 17.0. The summed E-state index contributed by atoms with van der Waals surface area (Å²) in [5, 5.41) is 7.45. The summed E-state index contributed by atoms with van der Waals surface area (Å²) < 4.78 is 6.11. The number of halogens is 1. The van der Waals surface area contributed by atoms with Gasteiger partial charge in [-0.2, -0.15) is 0 Å². The van der Waals surface area contributed by atoms with E-state index in [1.807, 2.05) is 7.05 Å². The first-order valence-electron chi connectivity index (χ1n) is 11.1. The summed E-state index contributed by atoms with van der Waals surface area (Å²) in [4.78, 5) is 18.9. The molecule has 1 amide bonds. The second-order valence-electron chi connectivity index (χ2n) is 9.40.